The summed E-state index contributed by atoms with van der Waals surface area (Å²) in [6.07, 6.45) is 3.55. The first-order chi connectivity index (χ1) is 7.43. The summed E-state index contributed by atoms with van der Waals surface area (Å²) in [5.74, 6) is 1.14. The van der Waals surface area contributed by atoms with Crippen LogP contribution in [-0.2, 0) is 9.59 Å². The normalized spacial score (nSPS) is 38.8. The van der Waals surface area contributed by atoms with E-state index in [1.165, 1.54) is 0 Å². The molecule has 0 aromatic carbocycles. The van der Waals surface area contributed by atoms with Gasteiger partial charge >= 0.3 is 0 Å². The molecule has 0 radical (unpaired) electrons. The number of amides is 2. The van der Waals surface area contributed by atoms with Crippen molar-refractivity contribution in [1.29, 1.82) is 0 Å². The van der Waals surface area contributed by atoms with E-state index in [0.717, 1.165) is 19.3 Å². The Morgan fingerprint density at radius 2 is 2.00 bits per heavy atom. The molecule has 1 N–H and O–H groups in total. The van der Waals surface area contributed by atoms with Gasteiger partial charge in [0.15, 0.2) is 0 Å². The number of imide groups is 1. The number of rotatable bonds is 2. The summed E-state index contributed by atoms with van der Waals surface area (Å²) in [6.45, 7) is 6.48. The van der Waals surface area contributed by atoms with Crippen LogP contribution in [0.25, 0.3) is 0 Å². The van der Waals surface area contributed by atoms with Gasteiger partial charge in [-0.15, -0.1) is 0 Å². The van der Waals surface area contributed by atoms with Crippen molar-refractivity contribution < 1.29 is 9.59 Å². The molecule has 2 amide bonds. The van der Waals surface area contributed by atoms with Crippen molar-refractivity contribution >= 4 is 11.8 Å². The zero-order chi connectivity index (χ0) is 11.9. The standard InChI is InChI=1S/C13H21NO2/c1-8(2)4-10-12(16)14-11(15)7-13(10)5-9(3)6-13/h8-10H,4-7H2,1-3H3,(H,14,15,16). The zero-order valence-electron chi connectivity index (χ0n) is 10.4. The summed E-state index contributed by atoms with van der Waals surface area (Å²) >= 11 is 0. The molecule has 90 valence electrons. The molecule has 1 saturated carbocycles. The van der Waals surface area contributed by atoms with Gasteiger partial charge in [-0.3, -0.25) is 14.9 Å². The first-order valence-corrected chi connectivity index (χ1v) is 6.26. The Labute approximate surface area is 97.0 Å². The van der Waals surface area contributed by atoms with Crippen molar-refractivity contribution in [3.05, 3.63) is 0 Å². The van der Waals surface area contributed by atoms with E-state index in [1.54, 1.807) is 0 Å². The average molecular weight is 223 g/mol. The van der Waals surface area contributed by atoms with E-state index in [2.05, 4.69) is 26.1 Å². The van der Waals surface area contributed by atoms with Gasteiger partial charge in [0.2, 0.25) is 11.8 Å². The molecule has 1 aliphatic carbocycles. The third-order valence-corrected chi connectivity index (χ3v) is 4.05. The zero-order valence-corrected chi connectivity index (χ0v) is 10.4. The SMILES string of the molecule is CC(C)CC1C(=O)NC(=O)CC12CC(C)C2. The number of hydrogen-bond donors (Lipinski definition) is 1. The molecule has 2 aliphatic rings. The minimum atomic E-state index is -0.0723. The Balaban J connectivity index is 2.17. The van der Waals surface area contributed by atoms with E-state index in [4.69, 9.17) is 0 Å². The molecule has 3 heteroatoms. The molecule has 2 fully saturated rings. The second kappa shape index (κ2) is 3.86. The van der Waals surface area contributed by atoms with Crippen molar-refractivity contribution in [3.8, 4) is 0 Å². The predicted octanol–water partition coefficient (Wildman–Crippen LogP) is 2.11. The Kier molecular flexibility index (Phi) is 2.81. The van der Waals surface area contributed by atoms with Crippen LogP contribution >= 0.6 is 0 Å². The lowest BCUT2D eigenvalue weighted by atomic mass is 9.52. The molecule has 3 nitrogen and oxygen atoms in total. The fraction of sp³-hybridized carbons (Fsp3) is 0.846. The highest BCUT2D eigenvalue weighted by atomic mass is 16.2. The maximum absolute atomic E-state index is 11.9. The van der Waals surface area contributed by atoms with Gasteiger partial charge in [-0.05, 0) is 36.5 Å². The average Bonchev–Trinajstić information content (AvgIpc) is 2.08. The van der Waals surface area contributed by atoms with Crippen molar-refractivity contribution in [2.75, 3.05) is 0 Å². The maximum atomic E-state index is 11.9. The van der Waals surface area contributed by atoms with Crippen molar-refractivity contribution in [2.24, 2.45) is 23.2 Å². The number of carbonyl (C=O) groups is 2. The first-order valence-electron chi connectivity index (χ1n) is 6.26. The van der Waals surface area contributed by atoms with Gasteiger partial charge in [0.1, 0.15) is 0 Å². The molecule has 0 bridgehead atoms. The molecule has 1 heterocycles. The molecular formula is C13H21NO2. The van der Waals surface area contributed by atoms with E-state index >= 15 is 0 Å². The quantitative estimate of drug-likeness (QED) is 0.729. The largest absolute Gasteiger partial charge is 0.296 e. The lowest BCUT2D eigenvalue weighted by Gasteiger charge is -2.53. The third-order valence-electron chi connectivity index (χ3n) is 4.05. The summed E-state index contributed by atoms with van der Waals surface area (Å²) < 4.78 is 0. The summed E-state index contributed by atoms with van der Waals surface area (Å²) in [7, 11) is 0. The molecule has 2 rings (SSSR count). The van der Waals surface area contributed by atoms with E-state index in [-0.39, 0.29) is 23.1 Å². The van der Waals surface area contributed by atoms with E-state index in [1.807, 2.05) is 0 Å². The van der Waals surface area contributed by atoms with E-state index in [0.29, 0.717) is 18.3 Å². The van der Waals surface area contributed by atoms with Gasteiger partial charge in [-0.25, -0.2) is 0 Å². The Hall–Kier alpha value is -0.860. The van der Waals surface area contributed by atoms with Gasteiger partial charge in [-0.1, -0.05) is 20.8 Å². The highest BCUT2D eigenvalue weighted by Gasteiger charge is 2.54. The van der Waals surface area contributed by atoms with Crippen LogP contribution < -0.4 is 5.32 Å². The Bertz CT molecular complexity index is 316. The minimum Gasteiger partial charge on any atom is -0.296 e. The summed E-state index contributed by atoms with van der Waals surface area (Å²) in [5.41, 5.74) is 0.00308. The lowest BCUT2D eigenvalue weighted by Crippen LogP contribution is -2.57. The molecule has 16 heavy (non-hydrogen) atoms. The molecular weight excluding hydrogens is 202 g/mol. The summed E-state index contributed by atoms with van der Waals surface area (Å²) in [5, 5.41) is 2.50. The molecule has 0 aromatic rings. The minimum absolute atomic E-state index is 0.00308. The van der Waals surface area contributed by atoms with Gasteiger partial charge in [-0.2, -0.15) is 0 Å². The van der Waals surface area contributed by atoms with E-state index < -0.39 is 0 Å². The van der Waals surface area contributed by atoms with Gasteiger partial charge in [0, 0.05) is 12.3 Å². The van der Waals surface area contributed by atoms with Crippen LogP contribution in [0.5, 0.6) is 0 Å². The third kappa shape index (κ3) is 1.87. The predicted molar refractivity (Wildman–Crippen MR) is 61.5 cm³/mol. The van der Waals surface area contributed by atoms with Crippen LogP contribution in [0.3, 0.4) is 0 Å². The second-order valence-corrected chi connectivity index (χ2v) is 6.15. The van der Waals surface area contributed by atoms with E-state index in [9.17, 15) is 9.59 Å². The number of hydrogen-bond acceptors (Lipinski definition) is 2. The monoisotopic (exact) mass is 223 g/mol. The van der Waals surface area contributed by atoms with Gasteiger partial charge in [0.05, 0.1) is 0 Å². The molecule has 1 spiro atoms. The molecule has 0 aromatic heterocycles. The lowest BCUT2D eigenvalue weighted by molar-refractivity contribution is -0.152. The van der Waals surface area contributed by atoms with Crippen molar-refractivity contribution in [2.45, 2.75) is 46.5 Å². The van der Waals surface area contributed by atoms with Crippen molar-refractivity contribution in [3.63, 3.8) is 0 Å². The number of carbonyl (C=O) groups excluding carboxylic acids is 2. The van der Waals surface area contributed by atoms with Crippen LogP contribution in [0.1, 0.15) is 46.5 Å². The van der Waals surface area contributed by atoms with Gasteiger partial charge in [0.25, 0.3) is 0 Å². The Morgan fingerprint density at radius 3 is 2.50 bits per heavy atom. The molecule has 1 aliphatic heterocycles. The summed E-state index contributed by atoms with van der Waals surface area (Å²) in [4.78, 5) is 23.4. The number of piperidine rings is 1. The van der Waals surface area contributed by atoms with Crippen molar-refractivity contribution in [1.82, 2.24) is 5.32 Å². The highest BCUT2D eigenvalue weighted by Crippen LogP contribution is 2.56. The first kappa shape index (κ1) is 11.6. The van der Waals surface area contributed by atoms with Crippen LogP contribution in [0.2, 0.25) is 0 Å². The topological polar surface area (TPSA) is 46.2 Å². The van der Waals surface area contributed by atoms with Crippen LogP contribution in [-0.4, -0.2) is 11.8 Å². The molecule has 1 atom stereocenters. The fourth-order valence-corrected chi connectivity index (χ4v) is 3.58. The number of nitrogens with one attached hydrogen (secondary N) is 1. The van der Waals surface area contributed by atoms with Gasteiger partial charge < -0.3 is 0 Å². The van der Waals surface area contributed by atoms with Crippen LogP contribution in [0.4, 0.5) is 0 Å². The maximum Gasteiger partial charge on any atom is 0.230 e. The molecule has 1 unspecified atom stereocenters. The Morgan fingerprint density at radius 1 is 1.38 bits per heavy atom. The van der Waals surface area contributed by atoms with Crippen LogP contribution in [0.15, 0.2) is 0 Å². The second-order valence-electron chi connectivity index (χ2n) is 6.15. The fourth-order valence-electron chi connectivity index (χ4n) is 3.58. The smallest absolute Gasteiger partial charge is 0.230 e. The van der Waals surface area contributed by atoms with Crippen LogP contribution in [0, 0.1) is 23.2 Å². The highest BCUT2D eigenvalue weighted by molar-refractivity contribution is 5.99. The molecule has 1 saturated heterocycles. The summed E-state index contributed by atoms with van der Waals surface area (Å²) in [6, 6.07) is 0.